The Hall–Kier alpha value is -2.75. The Bertz CT molecular complexity index is 864. The van der Waals surface area contributed by atoms with Crippen LogP contribution in [0.25, 0.3) is 10.9 Å². The molecule has 0 radical (unpaired) electrons. The second kappa shape index (κ2) is 7.43. The molecule has 4 nitrogen and oxygen atoms in total. The summed E-state index contributed by atoms with van der Waals surface area (Å²) in [4.78, 5) is 4.61. The SMILES string of the molecule is COc1cc(CCc2cc(C)nc3ccccc23)cc(OC)c1OC. The van der Waals surface area contributed by atoms with E-state index in [1.165, 1.54) is 10.9 Å². The molecule has 0 amide bonds. The molecule has 0 aliphatic rings. The average molecular weight is 337 g/mol. The Kier molecular flexibility index (Phi) is 5.08. The molecule has 130 valence electrons. The van der Waals surface area contributed by atoms with Crippen molar-refractivity contribution < 1.29 is 14.2 Å². The molecule has 3 rings (SSSR count). The maximum Gasteiger partial charge on any atom is 0.203 e. The minimum absolute atomic E-state index is 0.624. The molecule has 1 heterocycles. The molecule has 0 spiro atoms. The molecule has 4 heteroatoms. The molecule has 0 fully saturated rings. The van der Waals surface area contributed by atoms with Gasteiger partial charge in [-0.2, -0.15) is 0 Å². The van der Waals surface area contributed by atoms with Crippen LogP contribution in [0.5, 0.6) is 17.2 Å². The molecule has 3 aromatic rings. The topological polar surface area (TPSA) is 40.6 Å². The van der Waals surface area contributed by atoms with Crippen molar-refractivity contribution in [1.29, 1.82) is 0 Å². The van der Waals surface area contributed by atoms with Gasteiger partial charge in [-0.3, -0.25) is 4.98 Å². The van der Waals surface area contributed by atoms with Gasteiger partial charge in [0, 0.05) is 11.1 Å². The minimum Gasteiger partial charge on any atom is -0.493 e. The number of fused-ring (bicyclic) bond motifs is 1. The third kappa shape index (κ3) is 3.53. The number of aromatic nitrogens is 1. The Labute approximate surface area is 148 Å². The van der Waals surface area contributed by atoms with E-state index in [9.17, 15) is 0 Å². The zero-order valence-electron chi connectivity index (χ0n) is 15.1. The minimum atomic E-state index is 0.624. The first-order valence-corrected chi connectivity index (χ1v) is 8.30. The summed E-state index contributed by atoms with van der Waals surface area (Å²) in [6, 6.07) is 14.5. The van der Waals surface area contributed by atoms with Crippen molar-refractivity contribution in [2.45, 2.75) is 19.8 Å². The van der Waals surface area contributed by atoms with Crippen LogP contribution in [0.3, 0.4) is 0 Å². The molecule has 0 saturated heterocycles. The Morgan fingerprint density at radius 3 is 2.16 bits per heavy atom. The van der Waals surface area contributed by atoms with Gasteiger partial charge in [0.1, 0.15) is 0 Å². The lowest BCUT2D eigenvalue weighted by Crippen LogP contribution is -1.99. The summed E-state index contributed by atoms with van der Waals surface area (Å²) in [7, 11) is 4.90. The van der Waals surface area contributed by atoms with Crippen molar-refractivity contribution in [2.75, 3.05) is 21.3 Å². The van der Waals surface area contributed by atoms with Gasteiger partial charge in [0.25, 0.3) is 0 Å². The van der Waals surface area contributed by atoms with Crippen LogP contribution in [0, 0.1) is 6.92 Å². The molecule has 0 unspecified atom stereocenters. The zero-order valence-corrected chi connectivity index (χ0v) is 15.1. The van der Waals surface area contributed by atoms with Gasteiger partial charge in [-0.05, 0) is 55.2 Å². The van der Waals surface area contributed by atoms with E-state index in [1.807, 2.05) is 25.1 Å². The summed E-state index contributed by atoms with van der Waals surface area (Å²) in [6.07, 6.45) is 1.80. The van der Waals surface area contributed by atoms with Crippen LogP contribution in [0.1, 0.15) is 16.8 Å². The van der Waals surface area contributed by atoms with E-state index in [2.05, 4.69) is 29.2 Å². The number of ether oxygens (including phenoxy) is 3. The van der Waals surface area contributed by atoms with Gasteiger partial charge in [-0.1, -0.05) is 18.2 Å². The van der Waals surface area contributed by atoms with Gasteiger partial charge in [-0.15, -0.1) is 0 Å². The highest BCUT2D eigenvalue weighted by Crippen LogP contribution is 2.38. The largest absolute Gasteiger partial charge is 0.493 e. The molecule has 0 aliphatic carbocycles. The number of para-hydroxylation sites is 1. The molecule has 0 saturated carbocycles. The predicted octanol–water partition coefficient (Wildman–Crippen LogP) is 4.35. The molecule has 0 N–H and O–H groups in total. The second-order valence-corrected chi connectivity index (χ2v) is 5.97. The maximum absolute atomic E-state index is 5.45. The first-order valence-electron chi connectivity index (χ1n) is 8.30. The molecular weight excluding hydrogens is 314 g/mol. The fourth-order valence-corrected chi connectivity index (χ4v) is 3.16. The van der Waals surface area contributed by atoms with Gasteiger partial charge in [0.05, 0.1) is 26.8 Å². The van der Waals surface area contributed by atoms with Crippen molar-refractivity contribution in [1.82, 2.24) is 4.98 Å². The van der Waals surface area contributed by atoms with Crippen LogP contribution >= 0.6 is 0 Å². The van der Waals surface area contributed by atoms with E-state index in [0.29, 0.717) is 17.2 Å². The fourth-order valence-electron chi connectivity index (χ4n) is 3.16. The molecule has 0 bridgehead atoms. The number of aryl methyl sites for hydroxylation is 3. The first-order chi connectivity index (χ1) is 12.2. The third-order valence-corrected chi connectivity index (χ3v) is 4.34. The van der Waals surface area contributed by atoms with E-state index in [1.54, 1.807) is 21.3 Å². The van der Waals surface area contributed by atoms with Gasteiger partial charge in [-0.25, -0.2) is 0 Å². The molecule has 1 aromatic heterocycles. The van der Waals surface area contributed by atoms with Crippen molar-refractivity contribution in [2.24, 2.45) is 0 Å². The quantitative estimate of drug-likeness (QED) is 0.670. The average Bonchev–Trinajstić information content (AvgIpc) is 2.64. The van der Waals surface area contributed by atoms with Crippen molar-refractivity contribution in [3.63, 3.8) is 0 Å². The number of methoxy groups -OCH3 is 3. The van der Waals surface area contributed by atoms with Gasteiger partial charge < -0.3 is 14.2 Å². The highest BCUT2D eigenvalue weighted by molar-refractivity contribution is 5.82. The summed E-state index contributed by atoms with van der Waals surface area (Å²) in [5, 5.41) is 1.21. The monoisotopic (exact) mass is 337 g/mol. The van der Waals surface area contributed by atoms with Crippen LogP contribution in [-0.2, 0) is 12.8 Å². The van der Waals surface area contributed by atoms with E-state index in [-0.39, 0.29) is 0 Å². The molecular formula is C21H23NO3. The third-order valence-electron chi connectivity index (χ3n) is 4.34. The number of hydrogen-bond donors (Lipinski definition) is 0. The number of hydrogen-bond acceptors (Lipinski definition) is 4. The lowest BCUT2D eigenvalue weighted by atomic mass is 10.00. The summed E-state index contributed by atoms with van der Waals surface area (Å²) >= 11 is 0. The van der Waals surface area contributed by atoms with E-state index in [0.717, 1.165) is 29.6 Å². The predicted molar refractivity (Wildman–Crippen MR) is 100.0 cm³/mol. The highest BCUT2D eigenvalue weighted by Gasteiger charge is 2.13. The standard InChI is InChI=1S/C21H23NO3/c1-14-11-16(17-7-5-6-8-18(17)22-14)10-9-15-12-19(23-2)21(25-4)20(13-15)24-3/h5-8,11-13H,9-10H2,1-4H3. The summed E-state index contributed by atoms with van der Waals surface area (Å²) in [5.41, 5.74) is 4.53. The molecule has 25 heavy (non-hydrogen) atoms. The Morgan fingerprint density at radius 2 is 1.52 bits per heavy atom. The molecule has 2 aromatic carbocycles. The molecule has 0 aliphatic heterocycles. The lowest BCUT2D eigenvalue weighted by Gasteiger charge is -2.14. The summed E-state index contributed by atoms with van der Waals surface area (Å²) < 4.78 is 16.3. The first kappa shape index (κ1) is 17.1. The smallest absolute Gasteiger partial charge is 0.203 e. The zero-order chi connectivity index (χ0) is 17.8. The summed E-state index contributed by atoms with van der Waals surface area (Å²) in [6.45, 7) is 2.04. The van der Waals surface area contributed by atoms with Gasteiger partial charge in [0.2, 0.25) is 5.75 Å². The number of nitrogens with zero attached hydrogens (tertiary/aromatic N) is 1. The van der Waals surface area contributed by atoms with Crippen LogP contribution in [0.2, 0.25) is 0 Å². The van der Waals surface area contributed by atoms with Crippen molar-refractivity contribution >= 4 is 10.9 Å². The van der Waals surface area contributed by atoms with Crippen LogP contribution < -0.4 is 14.2 Å². The number of rotatable bonds is 6. The van der Waals surface area contributed by atoms with Gasteiger partial charge in [0.15, 0.2) is 11.5 Å². The molecule has 0 atom stereocenters. The second-order valence-electron chi connectivity index (χ2n) is 5.97. The van der Waals surface area contributed by atoms with Crippen LogP contribution in [0.4, 0.5) is 0 Å². The highest BCUT2D eigenvalue weighted by atomic mass is 16.5. The number of benzene rings is 2. The summed E-state index contributed by atoms with van der Waals surface area (Å²) in [5.74, 6) is 2.00. The maximum atomic E-state index is 5.45. The van der Waals surface area contributed by atoms with Crippen molar-refractivity contribution in [3.05, 3.63) is 59.3 Å². The van der Waals surface area contributed by atoms with E-state index in [4.69, 9.17) is 14.2 Å². The normalized spacial score (nSPS) is 10.7. The van der Waals surface area contributed by atoms with Crippen LogP contribution in [-0.4, -0.2) is 26.3 Å². The van der Waals surface area contributed by atoms with Crippen LogP contribution in [0.15, 0.2) is 42.5 Å². The van der Waals surface area contributed by atoms with E-state index < -0.39 is 0 Å². The van der Waals surface area contributed by atoms with Gasteiger partial charge >= 0.3 is 0 Å². The Morgan fingerprint density at radius 1 is 0.840 bits per heavy atom. The lowest BCUT2D eigenvalue weighted by molar-refractivity contribution is 0.324. The fraction of sp³-hybridized carbons (Fsp3) is 0.286. The van der Waals surface area contributed by atoms with E-state index >= 15 is 0 Å². The van der Waals surface area contributed by atoms with Crippen molar-refractivity contribution in [3.8, 4) is 17.2 Å². The Balaban J connectivity index is 1.92. The number of pyridine rings is 1.